The van der Waals surface area contributed by atoms with Crippen molar-refractivity contribution in [3.8, 4) is 0 Å². The number of rotatable bonds is 4. The Hall–Kier alpha value is -2.08. The molecular formula is C19H15Cl2NO3S. The highest BCUT2D eigenvalue weighted by Gasteiger charge is 2.19. The zero-order valence-corrected chi connectivity index (χ0v) is 16.4. The van der Waals surface area contributed by atoms with Gasteiger partial charge in [0.2, 0.25) is 0 Å². The van der Waals surface area contributed by atoms with Gasteiger partial charge in [-0.1, -0.05) is 35.3 Å². The highest BCUT2D eigenvalue weighted by atomic mass is 35.5. The predicted octanol–water partition coefficient (Wildman–Crippen LogP) is 5.62. The molecule has 0 aliphatic rings. The van der Waals surface area contributed by atoms with Crippen LogP contribution in [0.5, 0.6) is 0 Å². The van der Waals surface area contributed by atoms with E-state index in [1.807, 2.05) is 32.0 Å². The van der Waals surface area contributed by atoms with Gasteiger partial charge in [-0.25, -0.2) is 4.79 Å². The molecule has 1 aromatic heterocycles. The number of thiophene rings is 1. The molecule has 0 atom stereocenters. The summed E-state index contributed by atoms with van der Waals surface area (Å²) in [5.74, 6) is -1.05. The number of aryl methyl sites for hydroxylation is 2. The standard InChI is InChI=1S/C19H15Cl2NO3S/c1-10-5-11(2)7-13(6-10)22-16(23)9-25-19(24)18-17(21)14-4-3-12(20)8-15(14)26-18/h3-8H,9H2,1-2H3,(H,22,23). The normalized spacial score (nSPS) is 10.8. The molecule has 0 unspecified atom stereocenters. The van der Waals surface area contributed by atoms with Crippen LogP contribution in [0.3, 0.4) is 0 Å². The minimum absolute atomic E-state index is 0.253. The first-order chi connectivity index (χ1) is 12.3. The lowest BCUT2D eigenvalue weighted by atomic mass is 10.1. The summed E-state index contributed by atoms with van der Waals surface area (Å²) < 4.78 is 5.89. The molecule has 0 radical (unpaired) electrons. The third-order valence-corrected chi connectivity index (χ3v) is 5.49. The Morgan fingerprint density at radius 1 is 1.08 bits per heavy atom. The highest BCUT2D eigenvalue weighted by Crippen LogP contribution is 2.37. The number of hydrogen-bond acceptors (Lipinski definition) is 4. The molecule has 134 valence electrons. The Kier molecular flexibility index (Phi) is 5.51. The highest BCUT2D eigenvalue weighted by molar-refractivity contribution is 7.21. The van der Waals surface area contributed by atoms with Gasteiger partial charge in [0.25, 0.3) is 5.91 Å². The van der Waals surface area contributed by atoms with Crippen LogP contribution in [0, 0.1) is 13.8 Å². The average molecular weight is 408 g/mol. The number of hydrogen-bond donors (Lipinski definition) is 1. The maximum absolute atomic E-state index is 12.3. The van der Waals surface area contributed by atoms with Crippen LogP contribution in [0.2, 0.25) is 10.0 Å². The summed E-state index contributed by atoms with van der Waals surface area (Å²) in [5, 5.41) is 4.31. The fraction of sp³-hybridized carbons (Fsp3) is 0.158. The smallest absolute Gasteiger partial charge is 0.350 e. The number of amides is 1. The van der Waals surface area contributed by atoms with Gasteiger partial charge in [0.1, 0.15) is 4.88 Å². The molecule has 3 aromatic rings. The van der Waals surface area contributed by atoms with Crippen molar-refractivity contribution in [2.75, 3.05) is 11.9 Å². The molecule has 0 bridgehead atoms. The van der Waals surface area contributed by atoms with Crippen LogP contribution in [0.4, 0.5) is 5.69 Å². The van der Waals surface area contributed by atoms with E-state index in [0.29, 0.717) is 15.7 Å². The number of fused-ring (bicyclic) bond motifs is 1. The van der Waals surface area contributed by atoms with Gasteiger partial charge in [-0.05, 0) is 49.2 Å². The van der Waals surface area contributed by atoms with E-state index in [9.17, 15) is 9.59 Å². The van der Waals surface area contributed by atoms with Crippen molar-refractivity contribution in [2.24, 2.45) is 0 Å². The lowest BCUT2D eigenvalue weighted by Crippen LogP contribution is -2.20. The van der Waals surface area contributed by atoms with Crippen LogP contribution in [0.1, 0.15) is 20.8 Å². The molecule has 0 aliphatic heterocycles. The minimum Gasteiger partial charge on any atom is -0.451 e. The Bertz CT molecular complexity index is 993. The summed E-state index contributed by atoms with van der Waals surface area (Å²) in [6.45, 7) is 3.49. The lowest BCUT2D eigenvalue weighted by molar-refractivity contribution is -0.119. The van der Waals surface area contributed by atoms with E-state index < -0.39 is 18.5 Å². The van der Waals surface area contributed by atoms with Crippen LogP contribution < -0.4 is 5.32 Å². The van der Waals surface area contributed by atoms with Gasteiger partial charge in [0.15, 0.2) is 6.61 Å². The van der Waals surface area contributed by atoms with E-state index >= 15 is 0 Å². The minimum atomic E-state index is -0.636. The molecule has 1 amide bonds. The van der Waals surface area contributed by atoms with Crippen molar-refractivity contribution in [1.82, 2.24) is 0 Å². The monoisotopic (exact) mass is 407 g/mol. The Morgan fingerprint density at radius 3 is 2.46 bits per heavy atom. The van der Waals surface area contributed by atoms with E-state index in [1.165, 1.54) is 11.3 Å². The lowest BCUT2D eigenvalue weighted by Gasteiger charge is -2.08. The van der Waals surface area contributed by atoms with Gasteiger partial charge >= 0.3 is 5.97 Å². The van der Waals surface area contributed by atoms with Crippen molar-refractivity contribution < 1.29 is 14.3 Å². The second-order valence-corrected chi connectivity index (χ2v) is 7.75. The number of benzene rings is 2. The molecule has 0 spiro atoms. The summed E-state index contributed by atoms with van der Waals surface area (Å²) in [7, 11) is 0. The molecular weight excluding hydrogens is 393 g/mol. The number of halogens is 2. The number of nitrogens with one attached hydrogen (secondary N) is 1. The molecule has 1 heterocycles. The summed E-state index contributed by atoms with van der Waals surface area (Å²) >= 11 is 13.4. The SMILES string of the molecule is Cc1cc(C)cc(NC(=O)COC(=O)c2sc3cc(Cl)ccc3c2Cl)c1. The van der Waals surface area contributed by atoms with E-state index in [-0.39, 0.29) is 4.88 Å². The van der Waals surface area contributed by atoms with Crippen molar-refractivity contribution >= 4 is 62.2 Å². The quantitative estimate of drug-likeness (QED) is 0.570. The number of carbonyl (C=O) groups is 2. The van der Waals surface area contributed by atoms with E-state index in [4.69, 9.17) is 27.9 Å². The summed E-state index contributed by atoms with van der Waals surface area (Å²) in [4.78, 5) is 24.6. The van der Waals surface area contributed by atoms with Crippen molar-refractivity contribution in [3.63, 3.8) is 0 Å². The molecule has 1 N–H and O–H groups in total. The van der Waals surface area contributed by atoms with E-state index in [1.54, 1.807) is 18.2 Å². The Labute approximate surface area is 164 Å². The summed E-state index contributed by atoms with van der Waals surface area (Å²) in [6.07, 6.45) is 0. The number of esters is 1. The fourth-order valence-electron chi connectivity index (χ4n) is 2.61. The second kappa shape index (κ2) is 7.66. The average Bonchev–Trinajstić information content (AvgIpc) is 2.88. The summed E-state index contributed by atoms with van der Waals surface area (Å²) in [6, 6.07) is 10.9. The Morgan fingerprint density at radius 2 is 1.77 bits per heavy atom. The van der Waals surface area contributed by atoms with Crippen LogP contribution in [-0.2, 0) is 9.53 Å². The van der Waals surface area contributed by atoms with Gasteiger partial charge in [0.05, 0.1) is 5.02 Å². The fourth-order valence-corrected chi connectivity index (χ4v) is 4.29. The van der Waals surface area contributed by atoms with Gasteiger partial charge in [-0.3, -0.25) is 4.79 Å². The summed E-state index contributed by atoms with van der Waals surface area (Å²) in [5.41, 5.74) is 2.74. The topological polar surface area (TPSA) is 55.4 Å². The predicted molar refractivity (Wildman–Crippen MR) is 107 cm³/mol. The molecule has 2 aromatic carbocycles. The molecule has 3 rings (SSSR count). The second-order valence-electron chi connectivity index (χ2n) is 5.89. The molecule has 0 fully saturated rings. The van der Waals surface area contributed by atoms with Crippen LogP contribution >= 0.6 is 34.5 Å². The van der Waals surface area contributed by atoms with E-state index in [2.05, 4.69) is 5.32 Å². The van der Waals surface area contributed by atoms with Gasteiger partial charge in [0, 0.05) is 20.8 Å². The van der Waals surface area contributed by atoms with Crippen molar-refractivity contribution in [1.29, 1.82) is 0 Å². The third-order valence-electron chi connectivity index (χ3n) is 3.62. The third kappa shape index (κ3) is 4.18. The largest absolute Gasteiger partial charge is 0.451 e. The zero-order valence-electron chi connectivity index (χ0n) is 14.1. The molecule has 4 nitrogen and oxygen atoms in total. The maximum atomic E-state index is 12.3. The Balaban J connectivity index is 1.67. The van der Waals surface area contributed by atoms with Crippen LogP contribution in [0.25, 0.3) is 10.1 Å². The number of ether oxygens (including phenoxy) is 1. The van der Waals surface area contributed by atoms with Crippen LogP contribution in [0.15, 0.2) is 36.4 Å². The zero-order chi connectivity index (χ0) is 18.8. The molecule has 0 saturated carbocycles. The van der Waals surface area contributed by atoms with Crippen LogP contribution in [-0.4, -0.2) is 18.5 Å². The maximum Gasteiger partial charge on any atom is 0.350 e. The van der Waals surface area contributed by atoms with Gasteiger partial charge in [-0.2, -0.15) is 0 Å². The molecule has 0 aliphatic carbocycles. The molecule has 26 heavy (non-hydrogen) atoms. The van der Waals surface area contributed by atoms with E-state index in [0.717, 1.165) is 21.2 Å². The van der Waals surface area contributed by atoms with Crippen molar-refractivity contribution in [2.45, 2.75) is 13.8 Å². The van der Waals surface area contributed by atoms with Crippen molar-refractivity contribution in [3.05, 3.63) is 62.4 Å². The first-order valence-corrected chi connectivity index (χ1v) is 9.33. The molecule has 0 saturated heterocycles. The van der Waals surface area contributed by atoms with Gasteiger partial charge in [-0.15, -0.1) is 11.3 Å². The molecule has 7 heteroatoms. The first kappa shape index (κ1) is 18.7. The number of carbonyl (C=O) groups excluding carboxylic acids is 2. The van der Waals surface area contributed by atoms with Gasteiger partial charge < -0.3 is 10.1 Å². The number of anilines is 1. The first-order valence-electron chi connectivity index (χ1n) is 7.76.